The van der Waals surface area contributed by atoms with E-state index in [1.807, 2.05) is 13.8 Å². The molecule has 2 unspecified atom stereocenters. The molecule has 0 amide bonds. The molecule has 0 radical (unpaired) electrons. The average molecular weight is 248 g/mol. The highest BCUT2D eigenvalue weighted by atomic mass is 32.2. The van der Waals surface area contributed by atoms with E-state index in [0.717, 1.165) is 19.3 Å². The smallest absolute Gasteiger partial charge is 0.213 e. The lowest BCUT2D eigenvalue weighted by atomic mass is 10.1. The molecule has 0 bridgehead atoms. The lowest BCUT2D eigenvalue weighted by Crippen LogP contribution is -2.38. The van der Waals surface area contributed by atoms with Crippen LogP contribution in [-0.4, -0.2) is 32.8 Å². The van der Waals surface area contributed by atoms with Gasteiger partial charge in [-0.3, -0.25) is 0 Å². The molecule has 1 aliphatic carbocycles. The summed E-state index contributed by atoms with van der Waals surface area (Å²) in [6.07, 6.45) is 3.10. The molecule has 1 saturated carbocycles. The fraction of sp³-hybridized carbons (Fsp3) is 1.00. The van der Waals surface area contributed by atoms with E-state index < -0.39 is 10.0 Å². The van der Waals surface area contributed by atoms with Crippen molar-refractivity contribution in [3.63, 3.8) is 0 Å². The zero-order valence-corrected chi connectivity index (χ0v) is 11.3. The topological polar surface area (TPSA) is 58.2 Å². The lowest BCUT2D eigenvalue weighted by molar-refractivity contribution is 0.533. The van der Waals surface area contributed by atoms with Crippen LogP contribution in [0.25, 0.3) is 0 Å². The van der Waals surface area contributed by atoms with Crippen LogP contribution in [0.2, 0.25) is 0 Å². The van der Waals surface area contributed by atoms with Crippen molar-refractivity contribution in [2.45, 2.75) is 52.1 Å². The largest absolute Gasteiger partial charge is 0.313 e. The molecule has 1 fully saturated rings. The second-order valence-corrected chi connectivity index (χ2v) is 7.03. The fourth-order valence-corrected chi connectivity index (χ4v) is 3.34. The molecule has 1 aliphatic rings. The van der Waals surface area contributed by atoms with Crippen molar-refractivity contribution in [1.82, 2.24) is 10.0 Å². The minimum absolute atomic E-state index is 0.166. The molecule has 4 nitrogen and oxygen atoms in total. The van der Waals surface area contributed by atoms with Gasteiger partial charge in [0.1, 0.15) is 0 Å². The molecule has 96 valence electrons. The molecule has 0 aromatic heterocycles. The predicted octanol–water partition coefficient (Wildman–Crippen LogP) is 1.09. The highest BCUT2D eigenvalue weighted by Crippen LogP contribution is 2.24. The highest BCUT2D eigenvalue weighted by molar-refractivity contribution is 7.89. The molecule has 0 aromatic rings. The summed E-state index contributed by atoms with van der Waals surface area (Å²) in [5, 5.41) is 3.12. The van der Waals surface area contributed by atoms with Crippen LogP contribution in [0.5, 0.6) is 0 Å². The van der Waals surface area contributed by atoms with Crippen LogP contribution in [0, 0.1) is 5.92 Å². The van der Waals surface area contributed by atoms with Gasteiger partial charge in [-0.1, -0.05) is 20.8 Å². The first-order valence-electron chi connectivity index (χ1n) is 6.12. The van der Waals surface area contributed by atoms with Crippen LogP contribution in [0.1, 0.15) is 40.0 Å². The van der Waals surface area contributed by atoms with E-state index in [4.69, 9.17) is 0 Å². The first-order chi connectivity index (χ1) is 7.39. The standard InChI is InChI=1S/C11H24N2O2S/c1-9(2)12-6-7-16(14,15)13-11-5-4-10(3)8-11/h9-13H,4-8H2,1-3H3. The Hall–Kier alpha value is -0.130. The summed E-state index contributed by atoms with van der Waals surface area (Å²) in [4.78, 5) is 0. The van der Waals surface area contributed by atoms with Gasteiger partial charge in [0.25, 0.3) is 0 Å². The zero-order valence-electron chi connectivity index (χ0n) is 10.5. The van der Waals surface area contributed by atoms with Gasteiger partial charge in [-0.05, 0) is 25.2 Å². The molecule has 0 aromatic carbocycles. The van der Waals surface area contributed by atoms with Gasteiger partial charge in [0, 0.05) is 18.6 Å². The van der Waals surface area contributed by atoms with E-state index in [2.05, 4.69) is 17.0 Å². The third-order valence-corrected chi connectivity index (χ3v) is 4.40. The van der Waals surface area contributed by atoms with Gasteiger partial charge in [-0.25, -0.2) is 13.1 Å². The van der Waals surface area contributed by atoms with Crippen molar-refractivity contribution in [3.8, 4) is 0 Å². The summed E-state index contributed by atoms with van der Waals surface area (Å²) in [6.45, 7) is 6.72. The summed E-state index contributed by atoms with van der Waals surface area (Å²) in [5.74, 6) is 0.831. The summed E-state index contributed by atoms with van der Waals surface area (Å²) in [5.41, 5.74) is 0. The van der Waals surface area contributed by atoms with Gasteiger partial charge < -0.3 is 5.32 Å². The SMILES string of the molecule is CC1CCC(NS(=O)(=O)CCNC(C)C)C1. The van der Waals surface area contributed by atoms with Crippen molar-refractivity contribution < 1.29 is 8.42 Å². The Morgan fingerprint density at radius 2 is 2.00 bits per heavy atom. The first-order valence-corrected chi connectivity index (χ1v) is 7.77. The molecule has 0 heterocycles. The van der Waals surface area contributed by atoms with Crippen molar-refractivity contribution in [2.75, 3.05) is 12.3 Å². The van der Waals surface area contributed by atoms with Gasteiger partial charge in [-0.2, -0.15) is 0 Å². The predicted molar refractivity (Wildman–Crippen MR) is 66.9 cm³/mol. The Morgan fingerprint density at radius 3 is 2.50 bits per heavy atom. The summed E-state index contributed by atoms with van der Waals surface area (Å²) in [7, 11) is -3.10. The van der Waals surface area contributed by atoms with E-state index >= 15 is 0 Å². The summed E-state index contributed by atoms with van der Waals surface area (Å²) in [6, 6.07) is 0.501. The molecule has 1 rings (SSSR count). The summed E-state index contributed by atoms with van der Waals surface area (Å²) >= 11 is 0. The Balaban J connectivity index is 2.28. The van der Waals surface area contributed by atoms with Crippen LogP contribution >= 0.6 is 0 Å². The maximum atomic E-state index is 11.7. The molecule has 2 atom stereocenters. The Kier molecular flexibility index (Phi) is 5.21. The second kappa shape index (κ2) is 5.98. The van der Waals surface area contributed by atoms with Gasteiger partial charge in [0.2, 0.25) is 10.0 Å². The summed E-state index contributed by atoms with van der Waals surface area (Å²) < 4.78 is 26.2. The number of sulfonamides is 1. The normalized spacial score (nSPS) is 26.5. The average Bonchev–Trinajstić information content (AvgIpc) is 2.48. The van der Waals surface area contributed by atoms with E-state index in [-0.39, 0.29) is 11.8 Å². The van der Waals surface area contributed by atoms with Crippen LogP contribution in [0.15, 0.2) is 0 Å². The van der Waals surface area contributed by atoms with Crippen molar-refractivity contribution >= 4 is 10.0 Å². The van der Waals surface area contributed by atoms with E-state index in [0.29, 0.717) is 18.5 Å². The maximum Gasteiger partial charge on any atom is 0.213 e. The van der Waals surface area contributed by atoms with Gasteiger partial charge in [-0.15, -0.1) is 0 Å². The number of hydrogen-bond acceptors (Lipinski definition) is 3. The minimum Gasteiger partial charge on any atom is -0.313 e. The van der Waals surface area contributed by atoms with E-state index in [1.54, 1.807) is 0 Å². The molecule has 0 saturated heterocycles. The van der Waals surface area contributed by atoms with Gasteiger partial charge in [0.05, 0.1) is 5.75 Å². The number of rotatable bonds is 6. The van der Waals surface area contributed by atoms with Crippen LogP contribution in [-0.2, 0) is 10.0 Å². The van der Waals surface area contributed by atoms with Crippen LogP contribution in [0.4, 0.5) is 0 Å². The van der Waals surface area contributed by atoms with Crippen LogP contribution < -0.4 is 10.0 Å². The molecule has 0 spiro atoms. The highest BCUT2D eigenvalue weighted by Gasteiger charge is 2.25. The van der Waals surface area contributed by atoms with Crippen molar-refractivity contribution in [2.24, 2.45) is 5.92 Å². The zero-order chi connectivity index (χ0) is 12.2. The molecule has 5 heteroatoms. The quantitative estimate of drug-likeness (QED) is 0.740. The monoisotopic (exact) mass is 248 g/mol. The van der Waals surface area contributed by atoms with Crippen molar-refractivity contribution in [3.05, 3.63) is 0 Å². The lowest BCUT2D eigenvalue weighted by Gasteiger charge is -2.14. The Bertz CT molecular complexity index is 301. The maximum absolute atomic E-state index is 11.7. The first kappa shape index (κ1) is 13.9. The molecular formula is C11H24N2O2S. The minimum atomic E-state index is -3.10. The molecule has 2 N–H and O–H groups in total. The fourth-order valence-electron chi connectivity index (χ4n) is 2.11. The van der Waals surface area contributed by atoms with E-state index in [1.165, 1.54) is 0 Å². The van der Waals surface area contributed by atoms with Crippen LogP contribution in [0.3, 0.4) is 0 Å². The number of hydrogen-bond donors (Lipinski definition) is 2. The molecule has 0 aliphatic heterocycles. The Morgan fingerprint density at radius 1 is 1.31 bits per heavy atom. The molecular weight excluding hydrogens is 224 g/mol. The van der Waals surface area contributed by atoms with E-state index in [9.17, 15) is 8.42 Å². The van der Waals surface area contributed by atoms with Gasteiger partial charge in [0.15, 0.2) is 0 Å². The molecule has 16 heavy (non-hydrogen) atoms. The van der Waals surface area contributed by atoms with Gasteiger partial charge >= 0.3 is 0 Å². The number of nitrogens with one attached hydrogen (secondary N) is 2. The Labute approximate surface area is 99.2 Å². The van der Waals surface area contributed by atoms with Crippen molar-refractivity contribution in [1.29, 1.82) is 0 Å². The second-order valence-electron chi connectivity index (χ2n) is 5.16. The third-order valence-electron chi connectivity index (χ3n) is 2.96. The third kappa shape index (κ3) is 5.27.